The molecule has 0 aromatic heterocycles. The monoisotopic (exact) mass is 457 g/mol. The first-order valence-electron chi connectivity index (χ1n) is 11.8. The van der Waals surface area contributed by atoms with E-state index < -0.39 is 15.4 Å². The first-order valence-corrected chi connectivity index (χ1v) is 13.1. The predicted octanol–water partition coefficient (Wildman–Crippen LogP) is 2.77. The third-order valence-corrected chi connectivity index (χ3v) is 7.70. The lowest BCUT2D eigenvalue weighted by molar-refractivity contribution is -0.135. The zero-order chi connectivity index (χ0) is 23.6. The van der Waals surface area contributed by atoms with E-state index in [1.54, 1.807) is 0 Å². The summed E-state index contributed by atoms with van der Waals surface area (Å²) in [4.78, 5) is 17.0. The van der Waals surface area contributed by atoms with Gasteiger partial charge in [0.1, 0.15) is 5.60 Å². The average molecular weight is 458 g/mol. The molecular weight excluding hydrogens is 410 g/mol. The van der Waals surface area contributed by atoms with E-state index in [2.05, 4.69) is 58.7 Å². The van der Waals surface area contributed by atoms with E-state index in [1.807, 2.05) is 25.7 Å². The second kappa shape index (κ2) is 10.1. The van der Waals surface area contributed by atoms with Crippen molar-refractivity contribution in [1.29, 1.82) is 0 Å². The van der Waals surface area contributed by atoms with Crippen molar-refractivity contribution in [2.24, 2.45) is 0 Å². The number of morpholine rings is 1. The van der Waals surface area contributed by atoms with Crippen molar-refractivity contribution in [3.05, 3.63) is 0 Å². The Bertz CT molecular complexity index is 603. The Morgan fingerprint density at radius 2 is 1.71 bits per heavy atom. The van der Waals surface area contributed by atoms with Gasteiger partial charge in [0.25, 0.3) is 0 Å². The molecule has 0 radical (unpaired) electrons. The first kappa shape index (κ1) is 26.6. The Hall–Kier alpha value is -0.673. The van der Waals surface area contributed by atoms with E-state index in [-0.39, 0.29) is 34.9 Å². The van der Waals surface area contributed by atoms with Gasteiger partial charge < -0.3 is 24.1 Å². The molecule has 2 rings (SSSR count). The van der Waals surface area contributed by atoms with Crippen LogP contribution >= 0.6 is 0 Å². The normalized spacial score (nSPS) is 29.5. The topological polar surface area (TPSA) is 63.3 Å². The Kier molecular flexibility index (Phi) is 8.64. The van der Waals surface area contributed by atoms with Crippen LogP contribution in [0.1, 0.15) is 69.2 Å². The number of rotatable bonds is 5. The highest BCUT2D eigenvalue weighted by Gasteiger charge is 2.40. The lowest BCUT2D eigenvalue weighted by Gasteiger charge is -2.47. The summed E-state index contributed by atoms with van der Waals surface area (Å²) in [6.45, 7) is 24.9. The summed E-state index contributed by atoms with van der Waals surface area (Å²) < 4.78 is 18.3. The third-order valence-electron chi connectivity index (χ3n) is 5.95. The van der Waals surface area contributed by atoms with Crippen LogP contribution in [0.4, 0.5) is 4.79 Å². The molecule has 31 heavy (non-hydrogen) atoms. The fourth-order valence-corrected chi connectivity index (χ4v) is 4.88. The van der Waals surface area contributed by atoms with Gasteiger partial charge in [-0.3, -0.25) is 4.90 Å². The zero-order valence-electron chi connectivity index (χ0n) is 21.6. The Labute approximate surface area is 192 Å². The van der Waals surface area contributed by atoms with Gasteiger partial charge in [0.2, 0.25) is 0 Å². The quantitative estimate of drug-likeness (QED) is 0.641. The maximum atomic E-state index is 12.7. The van der Waals surface area contributed by atoms with E-state index in [0.29, 0.717) is 19.2 Å². The number of carbonyl (C=O) groups is 1. The van der Waals surface area contributed by atoms with Crippen molar-refractivity contribution in [3.8, 4) is 0 Å². The average Bonchev–Trinajstić information content (AvgIpc) is 2.61. The molecule has 0 unspecified atom stereocenters. The highest BCUT2D eigenvalue weighted by atomic mass is 28.2. The van der Waals surface area contributed by atoms with Gasteiger partial charge >= 0.3 is 6.09 Å². The number of amides is 1. The molecular formula is C23H47N3O4Si. The standard InChI is InChI=1S/C23H47N3O4Si/c1-16-11-24-18(13-26(16)20(27)29-21(3,4)5)12-25-14-19(28-15-17(25)2)23(9,10)30-31-22(6,7)8/h16-19,24H,11-15,31H2,1-10H3/t16-,17-,18+,19-/m1/s1. The minimum absolute atomic E-state index is 0.0445. The van der Waals surface area contributed by atoms with Crippen molar-refractivity contribution in [3.63, 3.8) is 0 Å². The van der Waals surface area contributed by atoms with E-state index in [4.69, 9.17) is 13.9 Å². The van der Waals surface area contributed by atoms with E-state index in [9.17, 15) is 4.79 Å². The van der Waals surface area contributed by atoms with Crippen LogP contribution < -0.4 is 5.32 Å². The molecule has 8 heteroatoms. The highest BCUT2D eigenvalue weighted by Crippen LogP contribution is 2.28. The van der Waals surface area contributed by atoms with Gasteiger partial charge in [-0.1, -0.05) is 20.8 Å². The fourth-order valence-electron chi connectivity index (χ4n) is 3.89. The maximum Gasteiger partial charge on any atom is 0.410 e. The lowest BCUT2D eigenvalue weighted by Crippen LogP contribution is -2.63. The minimum atomic E-state index is -0.660. The predicted molar refractivity (Wildman–Crippen MR) is 128 cm³/mol. The van der Waals surface area contributed by atoms with Gasteiger partial charge in [-0.2, -0.15) is 0 Å². The van der Waals surface area contributed by atoms with Gasteiger partial charge in [-0.25, -0.2) is 4.79 Å². The molecule has 2 saturated heterocycles. The molecule has 2 heterocycles. The number of ether oxygens (including phenoxy) is 2. The number of hydrogen-bond acceptors (Lipinski definition) is 6. The van der Waals surface area contributed by atoms with Gasteiger partial charge in [0.15, 0.2) is 9.76 Å². The number of nitrogens with zero attached hydrogens (tertiary/aromatic N) is 2. The smallest absolute Gasteiger partial charge is 0.410 e. The molecule has 0 aromatic carbocycles. The van der Waals surface area contributed by atoms with Gasteiger partial charge in [0.05, 0.1) is 18.3 Å². The Morgan fingerprint density at radius 1 is 1.06 bits per heavy atom. The molecule has 1 amide bonds. The van der Waals surface area contributed by atoms with Crippen molar-refractivity contribution < 1.29 is 18.7 Å². The second-order valence-electron chi connectivity index (χ2n) is 12.2. The number of piperazine rings is 1. The fraction of sp³-hybridized carbons (Fsp3) is 0.957. The molecule has 2 aliphatic rings. The van der Waals surface area contributed by atoms with Crippen LogP contribution in [0.5, 0.6) is 0 Å². The van der Waals surface area contributed by atoms with Gasteiger partial charge in [0, 0.05) is 44.3 Å². The van der Waals surface area contributed by atoms with Gasteiger partial charge in [-0.05, 0) is 53.5 Å². The summed E-state index contributed by atoms with van der Waals surface area (Å²) in [5.74, 6) is 0. The van der Waals surface area contributed by atoms with Gasteiger partial charge in [-0.15, -0.1) is 0 Å². The van der Waals surface area contributed by atoms with Crippen molar-refractivity contribution in [2.45, 2.75) is 110 Å². The molecule has 7 nitrogen and oxygen atoms in total. The SMILES string of the molecule is C[C@@H]1CO[C@@H](C(C)(C)O[SiH2]C(C)(C)C)CN1C[C@H]1CN(C(=O)OC(C)(C)C)[C@H](C)CN1. The largest absolute Gasteiger partial charge is 0.444 e. The Morgan fingerprint density at radius 3 is 2.29 bits per heavy atom. The summed E-state index contributed by atoms with van der Waals surface area (Å²) in [7, 11) is -0.660. The summed E-state index contributed by atoms with van der Waals surface area (Å²) in [6.07, 6.45) is -0.177. The first-order chi connectivity index (χ1) is 14.1. The zero-order valence-corrected chi connectivity index (χ0v) is 23.0. The van der Waals surface area contributed by atoms with Crippen LogP contribution in [0.15, 0.2) is 0 Å². The molecule has 2 fully saturated rings. The van der Waals surface area contributed by atoms with E-state index in [1.165, 1.54) is 0 Å². The van der Waals surface area contributed by atoms with Crippen LogP contribution in [0, 0.1) is 0 Å². The molecule has 4 atom stereocenters. The Balaban J connectivity index is 1.98. The van der Waals surface area contributed by atoms with Crippen LogP contribution in [-0.4, -0.2) is 93.9 Å². The van der Waals surface area contributed by atoms with E-state index >= 15 is 0 Å². The lowest BCUT2D eigenvalue weighted by atomic mass is 9.98. The minimum Gasteiger partial charge on any atom is -0.444 e. The number of nitrogens with one attached hydrogen (secondary N) is 1. The van der Waals surface area contributed by atoms with Crippen molar-refractivity contribution in [1.82, 2.24) is 15.1 Å². The van der Waals surface area contributed by atoms with Crippen LogP contribution in [0.2, 0.25) is 5.04 Å². The molecule has 2 aliphatic heterocycles. The maximum absolute atomic E-state index is 12.7. The molecule has 0 bridgehead atoms. The molecule has 0 aliphatic carbocycles. The van der Waals surface area contributed by atoms with Crippen LogP contribution in [0.25, 0.3) is 0 Å². The molecule has 182 valence electrons. The molecule has 0 spiro atoms. The second-order valence-corrected chi connectivity index (χ2v) is 14.9. The van der Waals surface area contributed by atoms with E-state index in [0.717, 1.165) is 19.6 Å². The summed E-state index contributed by atoms with van der Waals surface area (Å²) in [5, 5.41) is 3.88. The summed E-state index contributed by atoms with van der Waals surface area (Å²) in [6, 6.07) is 0.664. The summed E-state index contributed by atoms with van der Waals surface area (Å²) in [5.41, 5.74) is -0.778. The highest BCUT2D eigenvalue weighted by molar-refractivity contribution is 6.31. The van der Waals surface area contributed by atoms with Crippen LogP contribution in [-0.2, 0) is 13.9 Å². The van der Waals surface area contributed by atoms with Crippen LogP contribution in [0.3, 0.4) is 0 Å². The summed E-state index contributed by atoms with van der Waals surface area (Å²) >= 11 is 0. The third kappa shape index (κ3) is 8.31. The number of hydrogen-bond donors (Lipinski definition) is 1. The molecule has 0 saturated carbocycles. The molecule has 0 aromatic rings. The van der Waals surface area contributed by atoms with Crippen molar-refractivity contribution >= 4 is 15.9 Å². The number of carbonyl (C=O) groups excluding carboxylic acids is 1. The van der Waals surface area contributed by atoms with Crippen molar-refractivity contribution in [2.75, 3.05) is 32.8 Å². The molecule has 1 N–H and O–H groups in total.